The lowest BCUT2D eigenvalue weighted by Crippen LogP contribution is -2.57. The molecular weight excluding hydrogens is 368 g/mol. The Morgan fingerprint density at radius 3 is 2.59 bits per heavy atom. The number of hydrogen-bond acceptors (Lipinski definition) is 6. The summed E-state index contributed by atoms with van der Waals surface area (Å²) in [7, 11) is 3.88. The van der Waals surface area contributed by atoms with Crippen molar-refractivity contribution in [3.63, 3.8) is 0 Å². The van der Waals surface area contributed by atoms with Crippen LogP contribution >= 0.6 is 0 Å². The molecule has 1 unspecified atom stereocenters. The van der Waals surface area contributed by atoms with E-state index in [4.69, 9.17) is 4.74 Å². The third-order valence-electron chi connectivity index (χ3n) is 6.92. The zero-order valence-electron chi connectivity index (χ0n) is 17.7. The summed E-state index contributed by atoms with van der Waals surface area (Å²) in [6.45, 7) is 4.97. The highest BCUT2D eigenvalue weighted by Crippen LogP contribution is 2.41. The highest BCUT2D eigenvalue weighted by Gasteiger charge is 2.43. The summed E-state index contributed by atoms with van der Waals surface area (Å²) >= 11 is 0. The zero-order valence-corrected chi connectivity index (χ0v) is 17.7. The van der Waals surface area contributed by atoms with Crippen molar-refractivity contribution >= 4 is 11.7 Å². The van der Waals surface area contributed by atoms with E-state index < -0.39 is 0 Å². The van der Waals surface area contributed by atoms with E-state index in [-0.39, 0.29) is 17.4 Å². The molecule has 0 bridgehead atoms. The number of rotatable bonds is 3. The van der Waals surface area contributed by atoms with Crippen LogP contribution in [-0.4, -0.2) is 91.4 Å². The number of likely N-dealkylation sites (tertiary alicyclic amines) is 2. The van der Waals surface area contributed by atoms with E-state index in [2.05, 4.69) is 9.88 Å². The first-order chi connectivity index (χ1) is 14.0. The van der Waals surface area contributed by atoms with Crippen LogP contribution in [-0.2, 0) is 4.74 Å². The monoisotopic (exact) mass is 402 g/mol. The number of carbonyl (C=O) groups is 1. The number of hydrogen-bond donors (Lipinski definition) is 1. The van der Waals surface area contributed by atoms with Crippen LogP contribution < -0.4 is 4.90 Å². The van der Waals surface area contributed by atoms with Crippen LogP contribution in [0.25, 0.3) is 0 Å². The van der Waals surface area contributed by atoms with Gasteiger partial charge in [-0.1, -0.05) is 0 Å². The van der Waals surface area contributed by atoms with Crippen molar-refractivity contribution in [1.82, 2.24) is 14.8 Å². The second-order valence-electron chi connectivity index (χ2n) is 9.22. The third kappa shape index (κ3) is 4.57. The number of carbonyl (C=O) groups excluding carboxylic acids is 1. The number of ether oxygens (including phenoxy) is 1. The van der Waals surface area contributed by atoms with Crippen molar-refractivity contribution in [2.24, 2.45) is 5.41 Å². The van der Waals surface area contributed by atoms with Gasteiger partial charge in [0.1, 0.15) is 5.82 Å². The summed E-state index contributed by atoms with van der Waals surface area (Å²) in [6, 6.07) is 4.28. The molecule has 0 aromatic carbocycles. The Labute approximate surface area is 173 Å². The molecule has 29 heavy (non-hydrogen) atoms. The predicted octanol–water partition coefficient (Wildman–Crippen LogP) is 1.62. The molecule has 1 aromatic heterocycles. The molecule has 1 spiro atoms. The second-order valence-corrected chi connectivity index (χ2v) is 9.22. The molecule has 160 valence electrons. The summed E-state index contributed by atoms with van der Waals surface area (Å²) in [6.07, 6.45) is 6.30. The number of β-amino-alcohol motifs (C(OH)–C–C–N with tert-alkyl or cyclic N) is 1. The number of amides is 1. The highest BCUT2D eigenvalue weighted by atomic mass is 16.5. The average Bonchev–Trinajstić information content (AvgIpc) is 2.74. The summed E-state index contributed by atoms with van der Waals surface area (Å²) in [5.74, 6) is 0.916. The number of aromatic nitrogens is 1. The number of nitrogens with zero attached hydrogens (tertiary/aromatic N) is 4. The van der Waals surface area contributed by atoms with Crippen molar-refractivity contribution in [2.75, 3.05) is 58.4 Å². The Morgan fingerprint density at radius 1 is 1.24 bits per heavy atom. The highest BCUT2D eigenvalue weighted by molar-refractivity contribution is 5.94. The van der Waals surface area contributed by atoms with Gasteiger partial charge in [0.05, 0.1) is 11.7 Å². The lowest BCUT2D eigenvalue weighted by atomic mass is 9.71. The van der Waals surface area contributed by atoms with Crippen molar-refractivity contribution in [3.05, 3.63) is 23.9 Å². The van der Waals surface area contributed by atoms with E-state index in [1.165, 1.54) is 0 Å². The van der Waals surface area contributed by atoms with E-state index in [9.17, 15) is 9.90 Å². The van der Waals surface area contributed by atoms with E-state index in [1.54, 1.807) is 6.20 Å². The lowest BCUT2D eigenvalue weighted by Gasteiger charge is -2.51. The minimum atomic E-state index is -0.267. The fraction of sp³-hybridized carbons (Fsp3) is 0.727. The number of piperidine rings is 2. The van der Waals surface area contributed by atoms with Crippen LogP contribution in [0.4, 0.5) is 5.82 Å². The lowest BCUT2D eigenvalue weighted by molar-refractivity contribution is -0.0695. The minimum absolute atomic E-state index is 0.0651. The van der Waals surface area contributed by atoms with Gasteiger partial charge in [-0.25, -0.2) is 4.98 Å². The van der Waals surface area contributed by atoms with E-state index in [0.29, 0.717) is 11.6 Å². The first kappa shape index (κ1) is 20.6. The molecule has 1 atom stereocenters. The van der Waals surface area contributed by atoms with Gasteiger partial charge in [-0.3, -0.25) is 9.69 Å². The van der Waals surface area contributed by atoms with E-state index in [1.807, 2.05) is 36.0 Å². The normalized spacial score (nSPS) is 25.9. The van der Waals surface area contributed by atoms with Gasteiger partial charge in [-0.15, -0.1) is 0 Å². The quantitative estimate of drug-likeness (QED) is 0.829. The van der Waals surface area contributed by atoms with Crippen molar-refractivity contribution in [2.45, 2.75) is 44.2 Å². The fourth-order valence-corrected chi connectivity index (χ4v) is 5.23. The molecule has 3 aliphatic rings. The van der Waals surface area contributed by atoms with Crippen LogP contribution in [0.1, 0.15) is 42.5 Å². The topological polar surface area (TPSA) is 69.1 Å². The van der Waals surface area contributed by atoms with Crippen molar-refractivity contribution in [3.8, 4) is 0 Å². The smallest absolute Gasteiger partial charge is 0.255 e. The SMILES string of the molecule is CN(C)c1ccc(C(=O)N2CCC3(CC2)CC(O)CN(C2CCOCC2)C3)cn1. The Bertz CT molecular complexity index is 695. The first-order valence-electron chi connectivity index (χ1n) is 10.9. The average molecular weight is 403 g/mol. The molecule has 4 rings (SSSR count). The van der Waals surface area contributed by atoms with Crippen molar-refractivity contribution in [1.29, 1.82) is 0 Å². The third-order valence-corrected chi connectivity index (χ3v) is 6.92. The molecule has 0 aliphatic carbocycles. The van der Waals surface area contributed by atoms with Gasteiger partial charge in [0.25, 0.3) is 5.91 Å². The first-order valence-corrected chi connectivity index (χ1v) is 10.9. The largest absolute Gasteiger partial charge is 0.392 e. The molecule has 3 aliphatic heterocycles. The minimum Gasteiger partial charge on any atom is -0.392 e. The van der Waals surface area contributed by atoms with Gasteiger partial charge in [0.2, 0.25) is 0 Å². The van der Waals surface area contributed by atoms with Gasteiger partial charge in [0.15, 0.2) is 0 Å². The Kier molecular flexibility index (Phi) is 6.08. The van der Waals surface area contributed by atoms with Crippen LogP contribution in [0.3, 0.4) is 0 Å². The number of aliphatic hydroxyl groups is 1. The van der Waals surface area contributed by atoms with Gasteiger partial charge < -0.3 is 19.6 Å². The summed E-state index contributed by atoms with van der Waals surface area (Å²) < 4.78 is 5.52. The second kappa shape index (κ2) is 8.58. The predicted molar refractivity (Wildman–Crippen MR) is 112 cm³/mol. The molecule has 1 N–H and O–H groups in total. The van der Waals surface area contributed by atoms with Crippen LogP contribution in [0.5, 0.6) is 0 Å². The van der Waals surface area contributed by atoms with E-state index >= 15 is 0 Å². The van der Waals surface area contributed by atoms with Gasteiger partial charge in [0, 0.05) is 65.7 Å². The van der Waals surface area contributed by atoms with Gasteiger partial charge >= 0.3 is 0 Å². The van der Waals surface area contributed by atoms with Gasteiger partial charge in [-0.05, 0) is 49.7 Å². The molecule has 1 amide bonds. The van der Waals surface area contributed by atoms with E-state index in [0.717, 1.165) is 77.3 Å². The van der Waals surface area contributed by atoms with Crippen LogP contribution in [0.15, 0.2) is 18.3 Å². The Balaban J connectivity index is 1.37. The molecule has 3 fully saturated rings. The fourth-order valence-electron chi connectivity index (χ4n) is 5.23. The van der Waals surface area contributed by atoms with Crippen molar-refractivity contribution < 1.29 is 14.6 Å². The van der Waals surface area contributed by atoms with Crippen LogP contribution in [0.2, 0.25) is 0 Å². The maximum absolute atomic E-state index is 12.9. The maximum Gasteiger partial charge on any atom is 0.255 e. The molecule has 4 heterocycles. The molecule has 0 saturated carbocycles. The molecule has 1 aromatic rings. The standard InChI is InChI=1S/C22H34N4O3/c1-24(2)20-4-3-17(14-23-20)21(28)25-9-7-22(8-10-25)13-19(27)15-26(16-22)18-5-11-29-12-6-18/h3-4,14,18-19,27H,5-13,15-16H2,1-2H3. The summed E-state index contributed by atoms with van der Waals surface area (Å²) in [5.41, 5.74) is 0.777. The number of aliphatic hydroxyl groups excluding tert-OH is 1. The number of anilines is 1. The van der Waals surface area contributed by atoms with Gasteiger partial charge in [-0.2, -0.15) is 0 Å². The molecule has 7 heteroatoms. The Hall–Kier alpha value is -1.70. The molecule has 3 saturated heterocycles. The molecular formula is C22H34N4O3. The molecule has 0 radical (unpaired) electrons. The number of pyridine rings is 1. The molecule has 7 nitrogen and oxygen atoms in total. The Morgan fingerprint density at radius 2 is 1.97 bits per heavy atom. The summed E-state index contributed by atoms with van der Waals surface area (Å²) in [5, 5.41) is 10.6. The zero-order chi connectivity index (χ0) is 20.4. The van der Waals surface area contributed by atoms with Crippen LogP contribution in [0, 0.1) is 5.41 Å². The maximum atomic E-state index is 12.9. The summed E-state index contributed by atoms with van der Waals surface area (Å²) in [4.78, 5) is 23.7.